The first kappa shape index (κ1) is 18.1. The second kappa shape index (κ2) is 9.15. The first-order valence-electron chi connectivity index (χ1n) is 8.60. The number of ether oxygens (including phenoxy) is 1. The number of hydrogen-bond acceptors (Lipinski definition) is 3. The van der Waals surface area contributed by atoms with E-state index in [1.165, 1.54) is 0 Å². The Hall–Kier alpha value is -2.24. The molecule has 1 fully saturated rings. The molecule has 1 aliphatic carbocycles. The number of urea groups is 1. The number of carbonyl (C=O) groups is 2. The summed E-state index contributed by atoms with van der Waals surface area (Å²) < 4.78 is 5.55. The number of amides is 3. The molecule has 0 bridgehead atoms. The predicted octanol–water partition coefficient (Wildman–Crippen LogP) is 2.19. The van der Waals surface area contributed by atoms with Crippen molar-refractivity contribution in [2.75, 3.05) is 13.7 Å². The van der Waals surface area contributed by atoms with Crippen LogP contribution in [0.2, 0.25) is 0 Å². The molecule has 3 amide bonds. The van der Waals surface area contributed by atoms with Crippen LogP contribution in [0, 0.1) is 5.92 Å². The van der Waals surface area contributed by atoms with Gasteiger partial charge in [0.2, 0.25) is 5.91 Å². The number of para-hydroxylation sites is 1. The molecule has 1 aromatic rings. The van der Waals surface area contributed by atoms with Crippen molar-refractivity contribution >= 4 is 11.9 Å². The molecule has 1 aromatic carbocycles. The maximum atomic E-state index is 12.1. The summed E-state index contributed by atoms with van der Waals surface area (Å²) in [6, 6.07) is 7.65. The third-order valence-electron chi connectivity index (χ3n) is 4.39. The van der Waals surface area contributed by atoms with Crippen LogP contribution in [0.25, 0.3) is 0 Å². The summed E-state index contributed by atoms with van der Waals surface area (Å²) in [5.41, 5.74) is 0.956. The third-order valence-corrected chi connectivity index (χ3v) is 4.39. The Balaban J connectivity index is 1.75. The summed E-state index contributed by atoms with van der Waals surface area (Å²) in [7, 11) is 1.67. The van der Waals surface area contributed by atoms with Crippen molar-refractivity contribution in [3.63, 3.8) is 0 Å². The van der Waals surface area contributed by atoms with E-state index in [1.54, 1.807) is 7.05 Å². The van der Waals surface area contributed by atoms with Gasteiger partial charge >= 0.3 is 6.03 Å². The molecule has 6 heteroatoms. The van der Waals surface area contributed by atoms with Crippen LogP contribution >= 0.6 is 0 Å². The van der Waals surface area contributed by atoms with Crippen molar-refractivity contribution < 1.29 is 14.3 Å². The quantitative estimate of drug-likeness (QED) is 0.746. The number of nitrogens with one attached hydrogen (secondary N) is 3. The van der Waals surface area contributed by atoms with Gasteiger partial charge in [-0.2, -0.15) is 0 Å². The minimum atomic E-state index is -0.176. The molecule has 132 valence electrons. The van der Waals surface area contributed by atoms with Crippen LogP contribution in [-0.4, -0.2) is 31.6 Å². The molecule has 0 atom stereocenters. The van der Waals surface area contributed by atoms with E-state index in [0.717, 1.165) is 37.0 Å². The second-order valence-corrected chi connectivity index (χ2v) is 6.03. The zero-order valence-electron chi connectivity index (χ0n) is 14.4. The van der Waals surface area contributed by atoms with Crippen molar-refractivity contribution in [1.29, 1.82) is 0 Å². The molecule has 0 aromatic heterocycles. The minimum Gasteiger partial charge on any atom is -0.494 e. The first-order valence-corrected chi connectivity index (χ1v) is 8.60. The SMILES string of the molecule is CCOc1ccccc1CNC(=O)NC1CCC(C(=O)NC)CC1. The molecule has 0 saturated heterocycles. The molecule has 2 rings (SSSR count). The lowest BCUT2D eigenvalue weighted by Gasteiger charge is -2.28. The van der Waals surface area contributed by atoms with Crippen LogP contribution in [-0.2, 0) is 11.3 Å². The predicted molar refractivity (Wildman–Crippen MR) is 92.8 cm³/mol. The fourth-order valence-electron chi connectivity index (χ4n) is 3.06. The largest absolute Gasteiger partial charge is 0.494 e. The fraction of sp³-hybridized carbons (Fsp3) is 0.556. The molecule has 1 aliphatic rings. The summed E-state index contributed by atoms with van der Waals surface area (Å²) in [6.45, 7) is 2.96. The van der Waals surface area contributed by atoms with Gasteiger partial charge in [-0.15, -0.1) is 0 Å². The number of carbonyl (C=O) groups excluding carboxylic acids is 2. The lowest BCUT2D eigenvalue weighted by molar-refractivity contribution is -0.125. The molecule has 0 heterocycles. The first-order chi connectivity index (χ1) is 11.6. The van der Waals surface area contributed by atoms with Crippen molar-refractivity contribution in [2.45, 2.75) is 45.2 Å². The van der Waals surface area contributed by atoms with Crippen LogP contribution in [0.15, 0.2) is 24.3 Å². The van der Waals surface area contributed by atoms with E-state index in [1.807, 2.05) is 31.2 Å². The Morgan fingerprint density at radius 2 is 1.88 bits per heavy atom. The number of hydrogen-bond donors (Lipinski definition) is 3. The van der Waals surface area contributed by atoms with Gasteiger partial charge < -0.3 is 20.7 Å². The normalized spacial score (nSPS) is 20.1. The zero-order valence-corrected chi connectivity index (χ0v) is 14.4. The van der Waals surface area contributed by atoms with Gasteiger partial charge in [-0.25, -0.2) is 4.79 Å². The van der Waals surface area contributed by atoms with Gasteiger partial charge in [0.25, 0.3) is 0 Å². The Morgan fingerprint density at radius 3 is 2.54 bits per heavy atom. The Labute approximate surface area is 143 Å². The highest BCUT2D eigenvalue weighted by atomic mass is 16.5. The Bertz CT molecular complexity index is 554. The van der Waals surface area contributed by atoms with Gasteiger partial charge in [0, 0.05) is 31.1 Å². The molecular formula is C18H27N3O3. The van der Waals surface area contributed by atoms with Gasteiger partial charge in [0.15, 0.2) is 0 Å². The summed E-state index contributed by atoms with van der Waals surface area (Å²) >= 11 is 0. The highest BCUT2D eigenvalue weighted by Crippen LogP contribution is 2.24. The van der Waals surface area contributed by atoms with E-state index in [4.69, 9.17) is 4.74 Å². The maximum absolute atomic E-state index is 12.1. The lowest BCUT2D eigenvalue weighted by atomic mass is 9.85. The van der Waals surface area contributed by atoms with Crippen LogP contribution in [0.3, 0.4) is 0 Å². The summed E-state index contributed by atoms with van der Waals surface area (Å²) in [4.78, 5) is 23.7. The molecule has 0 aliphatic heterocycles. The van der Waals surface area contributed by atoms with E-state index >= 15 is 0 Å². The minimum absolute atomic E-state index is 0.0779. The third kappa shape index (κ3) is 5.15. The average Bonchev–Trinajstić information content (AvgIpc) is 2.61. The average molecular weight is 333 g/mol. The molecule has 3 N–H and O–H groups in total. The molecule has 24 heavy (non-hydrogen) atoms. The van der Waals surface area contributed by atoms with Crippen LogP contribution in [0.1, 0.15) is 38.2 Å². The fourth-order valence-corrected chi connectivity index (χ4v) is 3.06. The molecule has 1 saturated carbocycles. The maximum Gasteiger partial charge on any atom is 0.315 e. The van der Waals surface area contributed by atoms with Crippen LogP contribution in [0.4, 0.5) is 4.79 Å². The van der Waals surface area contributed by atoms with Crippen molar-refractivity contribution in [3.8, 4) is 5.75 Å². The summed E-state index contributed by atoms with van der Waals surface area (Å²) in [5.74, 6) is 0.978. The molecule has 0 spiro atoms. The summed E-state index contributed by atoms with van der Waals surface area (Å²) in [5, 5.41) is 8.57. The zero-order chi connectivity index (χ0) is 17.4. The van der Waals surface area contributed by atoms with E-state index in [2.05, 4.69) is 16.0 Å². The van der Waals surface area contributed by atoms with Crippen molar-refractivity contribution in [2.24, 2.45) is 5.92 Å². The second-order valence-electron chi connectivity index (χ2n) is 6.03. The van der Waals surface area contributed by atoms with Gasteiger partial charge in [-0.05, 0) is 38.7 Å². The van der Waals surface area contributed by atoms with E-state index in [9.17, 15) is 9.59 Å². The topological polar surface area (TPSA) is 79.5 Å². The van der Waals surface area contributed by atoms with Gasteiger partial charge in [0.1, 0.15) is 5.75 Å². The molecule has 6 nitrogen and oxygen atoms in total. The highest BCUT2D eigenvalue weighted by Gasteiger charge is 2.26. The van der Waals surface area contributed by atoms with Gasteiger partial charge in [0.05, 0.1) is 6.61 Å². The van der Waals surface area contributed by atoms with Crippen LogP contribution in [0.5, 0.6) is 5.75 Å². The van der Waals surface area contributed by atoms with E-state index in [0.29, 0.717) is 13.2 Å². The Morgan fingerprint density at radius 1 is 1.17 bits per heavy atom. The number of benzene rings is 1. The van der Waals surface area contributed by atoms with E-state index in [-0.39, 0.29) is 23.9 Å². The van der Waals surface area contributed by atoms with Gasteiger partial charge in [-0.3, -0.25) is 4.79 Å². The molecule has 0 radical (unpaired) electrons. The Kier molecular flexibility index (Phi) is 6.90. The summed E-state index contributed by atoms with van der Waals surface area (Å²) in [6.07, 6.45) is 3.30. The lowest BCUT2D eigenvalue weighted by Crippen LogP contribution is -2.44. The van der Waals surface area contributed by atoms with Crippen LogP contribution < -0.4 is 20.7 Å². The molecular weight excluding hydrogens is 306 g/mol. The molecule has 0 unspecified atom stereocenters. The van der Waals surface area contributed by atoms with Gasteiger partial charge in [-0.1, -0.05) is 18.2 Å². The smallest absolute Gasteiger partial charge is 0.315 e. The van der Waals surface area contributed by atoms with Crippen molar-refractivity contribution in [1.82, 2.24) is 16.0 Å². The highest BCUT2D eigenvalue weighted by molar-refractivity contribution is 5.78. The standard InChI is InChI=1S/C18H27N3O3/c1-3-24-16-7-5-4-6-14(16)12-20-18(23)21-15-10-8-13(9-11-15)17(22)19-2/h4-7,13,15H,3,8-12H2,1-2H3,(H,19,22)(H2,20,21,23). The van der Waals surface area contributed by atoms with Crippen molar-refractivity contribution in [3.05, 3.63) is 29.8 Å². The number of rotatable bonds is 6. The van der Waals surface area contributed by atoms with E-state index < -0.39 is 0 Å². The monoisotopic (exact) mass is 333 g/mol.